The van der Waals surface area contributed by atoms with E-state index in [1.807, 2.05) is 54.7 Å². The largest absolute Gasteiger partial charge is 0.361 e. The molecule has 2 N–H and O–H groups in total. The smallest absolute Gasteiger partial charge is 0.255 e. The lowest BCUT2D eigenvalue weighted by molar-refractivity contribution is 0.102. The highest BCUT2D eigenvalue weighted by atomic mass is 16.1. The Morgan fingerprint density at radius 1 is 1.08 bits per heavy atom. The van der Waals surface area contributed by atoms with E-state index in [4.69, 9.17) is 0 Å². The van der Waals surface area contributed by atoms with Crippen LogP contribution in [0, 0.1) is 0 Å². The van der Waals surface area contributed by atoms with Crippen LogP contribution in [0.3, 0.4) is 0 Å². The predicted molar refractivity (Wildman–Crippen MR) is 105 cm³/mol. The number of aromatic nitrogens is 2. The number of aryl methyl sites for hydroxylation is 1. The topological polar surface area (TPSA) is 57.8 Å². The van der Waals surface area contributed by atoms with Gasteiger partial charge in [-0.2, -0.15) is 0 Å². The molecule has 4 nitrogen and oxygen atoms in total. The van der Waals surface area contributed by atoms with Gasteiger partial charge in [-0.25, -0.2) is 0 Å². The number of nitrogens with one attached hydrogen (secondary N) is 2. The van der Waals surface area contributed by atoms with E-state index >= 15 is 0 Å². The summed E-state index contributed by atoms with van der Waals surface area (Å²) in [6.45, 7) is 2.09. The average Bonchev–Trinajstić information content (AvgIpc) is 3.17. The van der Waals surface area contributed by atoms with Crippen LogP contribution in [0.15, 0.2) is 73.2 Å². The lowest BCUT2D eigenvalue weighted by Crippen LogP contribution is -2.12. The molecular weight excluding hydrogens is 322 g/mol. The van der Waals surface area contributed by atoms with Gasteiger partial charge in [-0.05, 0) is 41.6 Å². The molecule has 0 unspecified atom stereocenters. The number of rotatable bonds is 4. The zero-order valence-electron chi connectivity index (χ0n) is 14.5. The molecule has 0 aliphatic heterocycles. The summed E-state index contributed by atoms with van der Waals surface area (Å²) >= 11 is 0. The van der Waals surface area contributed by atoms with E-state index < -0.39 is 0 Å². The number of hydrogen-bond acceptors (Lipinski definition) is 2. The number of para-hydroxylation sites is 1. The van der Waals surface area contributed by atoms with Crippen LogP contribution >= 0.6 is 0 Å². The molecule has 0 spiro atoms. The Morgan fingerprint density at radius 3 is 2.73 bits per heavy atom. The predicted octanol–water partition coefficient (Wildman–Crippen LogP) is 5.04. The Morgan fingerprint density at radius 2 is 1.92 bits per heavy atom. The van der Waals surface area contributed by atoms with Crippen molar-refractivity contribution in [1.29, 1.82) is 0 Å². The molecule has 4 rings (SSSR count). The Balaban J connectivity index is 1.61. The number of pyridine rings is 1. The molecule has 2 aromatic carbocycles. The molecule has 0 radical (unpaired) electrons. The van der Waals surface area contributed by atoms with Gasteiger partial charge >= 0.3 is 0 Å². The SMILES string of the molecule is CCc1ccc(C(=O)Nc2cncc(-c3cccc4cc[nH]c34)c2)cc1. The first-order valence-corrected chi connectivity index (χ1v) is 8.66. The van der Waals surface area contributed by atoms with Crippen molar-refractivity contribution in [2.75, 3.05) is 5.32 Å². The summed E-state index contributed by atoms with van der Waals surface area (Å²) in [4.78, 5) is 20.1. The van der Waals surface area contributed by atoms with E-state index in [9.17, 15) is 4.79 Å². The maximum atomic E-state index is 12.5. The van der Waals surface area contributed by atoms with E-state index in [1.54, 1.807) is 12.4 Å². The Kier molecular flexibility index (Phi) is 4.23. The van der Waals surface area contributed by atoms with Crippen LogP contribution in [0.5, 0.6) is 0 Å². The van der Waals surface area contributed by atoms with Crippen LogP contribution in [-0.4, -0.2) is 15.9 Å². The maximum absolute atomic E-state index is 12.5. The summed E-state index contributed by atoms with van der Waals surface area (Å²) in [5, 5.41) is 4.08. The van der Waals surface area contributed by atoms with Gasteiger partial charge in [-0.3, -0.25) is 9.78 Å². The quantitative estimate of drug-likeness (QED) is 0.546. The number of carbonyl (C=O) groups is 1. The Labute approximate surface area is 151 Å². The van der Waals surface area contributed by atoms with Crippen molar-refractivity contribution in [3.05, 3.63) is 84.3 Å². The second-order valence-corrected chi connectivity index (χ2v) is 6.21. The molecule has 4 aromatic rings. The fourth-order valence-electron chi connectivity index (χ4n) is 3.08. The number of nitrogens with zero attached hydrogens (tertiary/aromatic N) is 1. The van der Waals surface area contributed by atoms with E-state index in [-0.39, 0.29) is 5.91 Å². The summed E-state index contributed by atoms with van der Waals surface area (Å²) in [6.07, 6.45) is 6.35. The second kappa shape index (κ2) is 6.84. The summed E-state index contributed by atoms with van der Waals surface area (Å²) in [7, 11) is 0. The summed E-state index contributed by atoms with van der Waals surface area (Å²) in [5.41, 5.74) is 5.60. The van der Waals surface area contributed by atoms with Crippen LogP contribution in [0.25, 0.3) is 22.0 Å². The fraction of sp³-hybridized carbons (Fsp3) is 0.0909. The third-order valence-corrected chi connectivity index (χ3v) is 4.52. The summed E-state index contributed by atoms with van der Waals surface area (Å²) < 4.78 is 0. The van der Waals surface area contributed by atoms with Crippen molar-refractivity contribution >= 4 is 22.5 Å². The van der Waals surface area contributed by atoms with E-state index in [0.717, 1.165) is 28.5 Å². The first kappa shape index (κ1) is 16.1. The standard InChI is InChI=1S/C22H19N3O/c1-2-15-6-8-17(9-7-15)22(26)25-19-12-18(13-23-14-19)20-5-3-4-16-10-11-24-21(16)20/h3-14,24H,2H2,1H3,(H,25,26). The molecule has 2 aromatic heterocycles. The van der Waals surface area contributed by atoms with Gasteiger partial charge < -0.3 is 10.3 Å². The summed E-state index contributed by atoms with van der Waals surface area (Å²) in [5.74, 6) is -0.135. The van der Waals surface area contributed by atoms with Gasteiger partial charge in [-0.1, -0.05) is 37.3 Å². The second-order valence-electron chi connectivity index (χ2n) is 6.21. The van der Waals surface area contributed by atoms with E-state index in [2.05, 4.69) is 28.3 Å². The zero-order valence-corrected chi connectivity index (χ0v) is 14.5. The number of hydrogen-bond donors (Lipinski definition) is 2. The van der Waals surface area contributed by atoms with Gasteiger partial charge in [0.15, 0.2) is 0 Å². The molecule has 4 heteroatoms. The van der Waals surface area contributed by atoms with Crippen molar-refractivity contribution in [2.45, 2.75) is 13.3 Å². The van der Waals surface area contributed by atoms with Crippen molar-refractivity contribution in [1.82, 2.24) is 9.97 Å². The van der Waals surface area contributed by atoms with Crippen LogP contribution in [0.4, 0.5) is 5.69 Å². The first-order chi connectivity index (χ1) is 12.7. The lowest BCUT2D eigenvalue weighted by Gasteiger charge is -2.08. The molecule has 0 saturated heterocycles. The normalized spacial score (nSPS) is 10.8. The molecule has 1 amide bonds. The van der Waals surface area contributed by atoms with Gasteiger partial charge in [0.1, 0.15) is 0 Å². The fourth-order valence-corrected chi connectivity index (χ4v) is 3.08. The first-order valence-electron chi connectivity index (χ1n) is 8.66. The molecule has 0 atom stereocenters. The zero-order chi connectivity index (χ0) is 17.9. The molecule has 0 aliphatic carbocycles. The average molecular weight is 341 g/mol. The van der Waals surface area contributed by atoms with Crippen LogP contribution < -0.4 is 5.32 Å². The van der Waals surface area contributed by atoms with Crippen molar-refractivity contribution in [3.8, 4) is 11.1 Å². The van der Waals surface area contributed by atoms with Gasteiger partial charge in [0.25, 0.3) is 5.91 Å². The molecular formula is C22H19N3O. The maximum Gasteiger partial charge on any atom is 0.255 e. The van der Waals surface area contributed by atoms with Crippen molar-refractivity contribution in [3.63, 3.8) is 0 Å². The van der Waals surface area contributed by atoms with Crippen molar-refractivity contribution < 1.29 is 4.79 Å². The monoisotopic (exact) mass is 341 g/mol. The van der Waals surface area contributed by atoms with Gasteiger partial charge in [-0.15, -0.1) is 0 Å². The van der Waals surface area contributed by atoms with E-state index in [0.29, 0.717) is 11.3 Å². The molecule has 2 heterocycles. The molecule has 0 bridgehead atoms. The number of carbonyl (C=O) groups excluding carboxylic acids is 1. The summed E-state index contributed by atoms with van der Waals surface area (Å²) in [6, 6.07) is 17.8. The van der Waals surface area contributed by atoms with Crippen LogP contribution in [-0.2, 0) is 6.42 Å². The minimum Gasteiger partial charge on any atom is -0.361 e. The number of benzene rings is 2. The lowest BCUT2D eigenvalue weighted by atomic mass is 10.0. The van der Waals surface area contributed by atoms with Crippen molar-refractivity contribution in [2.24, 2.45) is 0 Å². The molecule has 128 valence electrons. The number of fused-ring (bicyclic) bond motifs is 1. The van der Waals surface area contributed by atoms with Gasteiger partial charge in [0, 0.05) is 29.1 Å². The van der Waals surface area contributed by atoms with Crippen LogP contribution in [0.1, 0.15) is 22.8 Å². The molecule has 0 fully saturated rings. The Bertz CT molecular complexity index is 1060. The minimum absolute atomic E-state index is 0.135. The third kappa shape index (κ3) is 3.09. The number of amides is 1. The molecule has 0 saturated carbocycles. The highest BCUT2D eigenvalue weighted by Crippen LogP contribution is 2.28. The molecule has 0 aliphatic rings. The number of anilines is 1. The highest BCUT2D eigenvalue weighted by molar-refractivity contribution is 6.04. The Hall–Kier alpha value is -3.40. The third-order valence-electron chi connectivity index (χ3n) is 4.52. The van der Waals surface area contributed by atoms with Gasteiger partial charge in [0.05, 0.1) is 17.4 Å². The number of H-pyrrole nitrogens is 1. The highest BCUT2D eigenvalue weighted by Gasteiger charge is 2.09. The number of aromatic amines is 1. The van der Waals surface area contributed by atoms with Crippen LogP contribution in [0.2, 0.25) is 0 Å². The minimum atomic E-state index is -0.135. The van der Waals surface area contributed by atoms with Gasteiger partial charge in [0.2, 0.25) is 0 Å². The molecule has 26 heavy (non-hydrogen) atoms. The van der Waals surface area contributed by atoms with E-state index in [1.165, 1.54) is 5.56 Å².